The first-order chi connectivity index (χ1) is 7.61. The van der Waals surface area contributed by atoms with Gasteiger partial charge >= 0.3 is 0 Å². The van der Waals surface area contributed by atoms with Crippen LogP contribution >= 0.6 is 22.6 Å². The van der Waals surface area contributed by atoms with Gasteiger partial charge < -0.3 is 4.74 Å². The van der Waals surface area contributed by atoms with Gasteiger partial charge in [-0.25, -0.2) is 8.78 Å². The van der Waals surface area contributed by atoms with Crippen molar-refractivity contribution < 1.29 is 18.3 Å². The van der Waals surface area contributed by atoms with Crippen molar-refractivity contribution in [2.24, 2.45) is 0 Å². The zero-order valence-corrected chi connectivity index (χ0v) is 10.9. The van der Waals surface area contributed by atoms with E-state index in [1.807, 2.05) is 6.92 Å². The van der Waals surface area contributed by atoms with Crippen LogP contribution in [-0.4, -0.2) is 12.9 Å². The van der Waals surface area contributed by atoms with E-state index in [9.17, 15) is 13.6 Å². The molecule has 0 N–H and O–H groups in total. The molecule has 0 aliphatic heterocycles. The van der Waals surface area contributed by atoms with Crippen LogP contribution in [0.4, 0.5) is 8.78 Å². The molecule has 1 rings (SSSR count). The molecule has 0 unspecified atom stereocenters. The summed E-state index contributed by atoms with van der Waals surface area (Å²) in [7, 11) is 0. The largest absolute Gasteiger partial charge is 0.488 e. The molecule has 0 spiro atoms. The first-order valence-electron chi connectivity index (χ1n) is 4.87. The summed E-state index contributed by atoms with van der Waals surface area (Å²) in [5.41, 5.74) is -0.00144. The topological polar surface area (TPSA) is 26.3 Å². The Balaban J connectivity index is 3.00. The van der Waals surface area contributed by atoms with Crippen molar-refractivity contribution in [3.8, 4) is 5.75 Å². The average Bonchev–Trinajstić information content (AvgIpc) is 2.28. The number of aldehydes is 1. The van der Waals surface area contributed by atoms with E-state index in [1.54, 1.807) is 22.6 Å². The number of unbranched alkanes of at least 4 members (excludes halogenated alkanes) is 1. The van der Waals surface area contributed by atoms with Gasteiger partial charge in [0, 0.05) is 5.56 Å². The van der Waals surface area contributed by atoms with Gasteiger partial charge in [0.05, 0.1) is 10.2 Å². The van der Waals surface area contributed by atoms with Crippen LogP contribution in [0, 0.1) is 15.2 Å². The highest BCUT2D eigenvalue weighted by Crippen LogP contribution is 2.28. The molecule has 0 radical (unpaired) electrons. The predicted octanol–water partition coefficient (Wildman–Crippen LogP) is 3.56. The summed E-state index contributed by atoms with van der Waals surface area (Å²) in [5.74, 6) is -2.04. The zero-order valence-electron chi connectivity index (χ0n) is 8.73. The van der Waals surface area contributed by atoms with E-state index in [1.165, 1.54) is 0 Å². The Morgan fingerprint density at radius 2 is 2.19 bits per heavy atom. The first kappa shape index (κ1) is 13.3. The van der Waals surface area contributed by atoms with E-state index in [4.69, 9.17) is 4.74 Å². The van der Waals surface area contributed by atoms with Crippen molar-refractivity contribution in [2.45, 2.75) is 19.8 Å². The molecule has 0 saturated heterocycles. The molecule has 0 aromatic heterocycles. The number of halogens is 3. The van der Waals surface area contributed by atoms with Crippen LogP contribution in [0.2, 0.25) is 0 Å². The minimum atomic E-state index is -0.837. The van der Waals surface area contributed by atoms with Crippen molar-refractivity contribution in [3.05, 3.63) is 26.8 Å². The van der Waals surface area contributed by atoms with Crippen molar-refractivity contribution in [3.63, 3.8) is 0 Å². The van der Waals surface area contributed by atoms with E-state index >= 15 is 0 Å². The van der Waals surface area contributed by atoms with E-state index in [0.29, 0.717) is 6.29 Å². The molecule has 0 atom stereocenters. The number of rotatable bonds is 5. The molecule has 16 heavy (non-hydrogen) atoms. The monoisotopic (exact) mass is 340 g/mol. The van der Waals surface area contributed by atoms with Gasteiger partial charge in [-0.15, -0.1) is 0 Å². The lowest BCUT2D eigenvalue weighted by atomic mass is 10.2. The molecule has 88 valence electrons. The summed E-state index contributed by atoms with van der Waals surface area (Å²) in [6, 6.07) is 0.985. The Labute approximate surface area is 106 Å². The molecule has 0 amide bonds. The Morgan fingerprint density at radius 3 is 2.75 bits per heavy atom. The SMILES string of the molecule is CCCCOc1c(F)cc(C=O)c(I)c1F. The fourth-order valence-corrected chi connectivity index (χ4v) is 1.66. The summed E-state index contributed by atoms with van der Waals surface area (Å²) in [4.78, 5) is 10.5. The Morgan fingerprint density at radius 1 is 1.50 bits per heavy atom. The number of benzene rings is 1. The van der Waals surface area contributed by atoms with Gasteiger partial charge in [-0.2, -0.15) is 0 Å². The molecule has 2 nitrogen and oxygen atoms in total. The molecule has 0 bridgehead atoms. The Kier molecular flexibility index (Phi) is 5.11. The summed E-state index contributed by atoms with van der Waals surface area (Å²) in [6.07, 6.45) is 2.03. The van der Waals surface area contributed by atoms with Gasteiger partial charge in [-0.1, -0.05) is 13.3 Å². The zero-order chi connectivity index (χ0) is 12.1. The van der Waals surface area contributed by atoms with E-state index in [0.717, 1.165) is 18.9 Å². The van der Waals surface area contributed by atoms with Gasteiger partial charge in [0.25, 0.3) is 0 Å². The van der Waals surface area contributed by atoms with Gasteiger partial charge in [0.2, 0.25) is 0 Å². The average molecular weight is 340 g/mol. The van der Waals surface area contributed by atoms with Gasteiger partial charge in [0.1, 0.15) is 0 Å². The van der Waals surface area contributed by atoms with Crippen LogP contribution in [-0.2, 0) is 0 Å². The van der Waals surface area contributed by atoms with Crippen LogP contribution in [0.1, 0.15) is 30.1 Å². The Hall–Kier alpha value is -0.720. The van der Waals surface area contributed by atoms with Crippen molar-refractivity contribution >= 4 is 28.9 Å². The normalized spacial score (nSPS) is 10.2. The quantitative estimate of drug-likeness (QED) is 0.355. The minimum Gasteiger partial charge on any atom is -0.488 e. The lowest BCUT2D eigenvalue weighted by Gasteiger charge is -2.09. The third kappa shape index (κ3) is 2.90. The van der Waals surface area contributed by atoms with Crippen LogP contribution in [0.5, 0.6) is 5.75 Å². The molecule has 1 aromatic rings. The van der Waals surface area contributed by atoms with E-state index in [2.05, 4.69) is 0 Å². The smallest absolute Gasteiger partial charge is 0.191 e. The maximum atomic E-state index is 13.6. The van der Waals surface area contributed by atoms with Crippen LogP contribution < -0.4 is 4.74 Å². The predicted molar refractivity (Wildman–Crippen MR) is 64.9 cm³/mol. The van der Waals surface area contributed by atoms with E-state index in [-0.39, 0.29) is 15.7 Å². The lowest BCUT2D eigenvalue weighted by Crippen LogP contribution is -2.04. The summed E-state index contributed by atoms with van der Waals surface area (Å²) < 4.78 is 32.1. The number of carbonyl (C=O) groups excluding carboxylic acids is 1. The fraction of sp³-hybridized carbons (Fsp3) is 0.364. The third-order valence-corrected chi connectivity index (χ3v) is 3.11. The molecular weight excluding hydrogens is 329 g/mol. The second-order valence-electron chi connectivity index (χ2n) is 3.22. The van der Waals surface area contributed by atoms with Crippen molar-refractivity contribution in [2.75, 3.05) is 6.61 Å². The lowest BCUT2D eigenvalue weighted by molar-refractivity contribution is 0.112. The summed E-state index contributed by atoms with van der Waals surface area (Å²) in [6.45, 7) is 2.22. The maximum absolute atomic E-state index is 13.6. The molecule has 0 fully saturated rings. The van der Waals surface area contributed by atoms with E-state index < -0.39 is 17.4 Å². The molecular formula is C11H11F2IO2. The van der Waals surface area contributed by atoms with Gasteiger partial charge in [-0.05, 0) is 35.1 Å². The first-order valence-corrected chi connectivity index (χ1v) is 5.95. The van der Waals surface area contributed by atoms with Crippen LogP contribution in [0.15, 0.2) is 6.07 Å². The molecule has 0 aliphatic carbocycles. The van der Waals surface area contributed by atoms with Gasteiger partial charge in [-0.3, -0.25) is 4.79 Å². The Bertz CT molecular complexity index is 394. The second-order valence-corrected chi connectivity index (χ2v) is 4.30. The number of ether oxygens (including phenoxy) is 1. The molecule has 1 aromatic carbocycles. The van der Waals surface area contributed by atoms with Crippen LogP contribution in [0.25, 0.3) is 0 Å². The fourth-order valence-electron chi connectivity index (χ4n) is 1.13. The number of hydrogen-bond donors (Lipinski definition) is 0. The highest BCUT2D eigenvalue weighted by atomic mass is 127. The molecule has 5 heteroatoms. The molecule has 0 heterocycles. The minimum absolute atomic E-state index is 0.00144. The summed E-state index contributed by atoms with van der Waals surface area (Å²) in [5, 5.41) is 0. The van der Waals surface area contributed by atoms with Crippen LogP contribution in [0.3, 0.4) is 0 Å². The van der Waals surface area contributed by atoms with Gasteiger partial charge in [0.15, 0.2) is 23.7 Å². The third-order valence-electron chi connectivity index (χ3n) is 2.02. The number of carbonyl (C=O) groups is 1. The van der Waals surface area contributed by atoms with Crippen molar-refractivity contribution in [1.29, 1.82) is 0 Å². The maximum Gasteiger partial charge on any atom is 0.191 e. The molecule has 0 aliphatic rings. The highest BCUT2D eigenvalue weighted by molar-refractivity contribution is 14.1. The number of hydrogen-bond acceptors (Lipinski definition) is 2. The second kappa shape index (κ2) is 6.12. The van der Waals surface area contributed by atoms with Crippen molar-refractivity contribution in [1.82, 2.24) is 0 Å². The highest BCUT2D eigenvalue weighted by Gasteiger charge is 2.17. The molecule has 0 saturated carbocycles. The standard InChI is InChI=1S/C11H11F2IO2/c1-2-3-4-16-11-8(12)5-7(6-15)10(14)9(11)13/h5-6H,2-4H2,1H3. The summed E-state index contributed by atoms with van der Waals surface area (Å²) >= 11 is 1.66.